The van der Waals surface area contributed by atoms with E-state index >= 15 is 0 Å². The summed E-state index contributed by atoms with van der Waals surface area (Å²) in [5, 5.41) is 1.64. The lowest BCUT2D eigenvalue weighted by atomic mass is 10.0. The molecular formula is C28H31N5O2. The van der Waals surface area contributed by atoms with E-state index in [9.17, 15) is 4.79 Å². The van der Waals surface area contributed by atoms with Crippen molar-refractivity contribution in [2.75, 3.05) is 39.8 Å². The Hall–Kier alpha value is -3.84. The van der Waals surface area contributed by atoms with E-state index < -0.39 is 0 Å². The highest BCUT2D eigenvalue weighted by atomic mass is 16.5. The first-order valence-corrected chi connectivity index (χ1v) is 11.8. The average Bonchev–Trinajstić information content (AvgIpc) is 2.92. The van der Waals surface area contributed by atoms with Crippen LogP contribution in [0.1, 0.15) is 29.8 Å². The largest absolute Gasteiger partial charge is 0.481 e. The van der Waals surface area contributed by atoms with Crippen molar-refractivity contribution in [1.82, 2.24) is 24.8 Å². The van der Waals surface area contributed by atoms with Crippen LogP contribution in [0.5, 0.6) is 5.88 Å². The summed E-state index contributed by atoms with van der Waals surface area (Å²) >= 11 is 0. The van der Waals surface area contributed by atoms with Crippen LogP contribution in [0.15, 0.2) is 55.5 Å². The topological polar surface area (TPSA) is 71.5 Å². The Labute approximate surface area is 206 Å². The molecular weight excluding hydrogens is 438 g/mol. The van der Waals surface area contributed by atoms with Gasteiger partial charge in [-0.15, -0.1) is 0 Å². The summed E-state index contributed by atoms with van der Waals surface area (Å²) in [6, 6.07) is 11.4. The molecule has 3 aromatic rings. The van der Waals surface area contributed by atoms with Crippen LogP contribution in [0, 0.1) is 0 Å². The van der Waals surface area contributed by atoms with Crippen molar-refractivity contribution in [3.05, 3.63) is 77.2 Å². The number of carbonyl (C=O) groups is 1. The number of methoxy groups -OCH3 is 1. The molecule has 180 valence electrons. The van der Waals surface area contributed by atoms with Gasteiger partial charge in [0.2, 0.25) is 5.88 Å². The Morgan fingerprint density at radius 3 is 2.54 bits per heavy atom. The predicted octanol–water partition coefficient (Wildman–Crippen LogP) is 2.62. The molecule has 1 aliphatic heterocycles. The molecule has 7 heteroatoms. The Bertz CT molecular complexity index is 1330. The monoisotopic (exact) mass is 469 g/mol. The van der Waals surface area contributed by atoms with Crippen molar-refractivity contribution in [3.8, 4) is 17.1 Å². The Balaban J connectivity index is 1.70. The molecule has 0 radical (unpaired) electrons. The van der Waals surface area contributed by atoms with E-state index in [0.717, 1.165) is 65.7 Å². The highest BCUT2D eigenvalue weighted by molar-refractivity contribution is 5.95. The van der Waals surface area contributed by atoms with Gasteiger partial charge < -0.3 is 14.5 Å². The van der Waals surface area contributed by atoms with Gasteiger partial charge in [0.05, 0.1) is 18.2 Å². The first-order valence-electron chi connectivity index (χ1n) is 11.8. The molecule has 1 aromatic carbocycles. The number of hydrogen-bond donors (Lipinski definition) is 0. The van der Waals surface area contributed by atoms with Crippen LogP contribution < -0.4 is 15.3 Å². The summed E-state index contributed by atoms with van der Waals surface area (Å²) in [5.41, 5.74) is 3.93. The summed E-state index contributed by atoms with van der Waals surface area (Å²) < 4.78 is 5.16. The molecule has 0 spiro atoms. The maximum absolute atomic E-state index is 13.2. The lowest BCUT2D eigenvalue weighted by Crippen LogP contribution is -2.48. The number of nitrogens with zero attached hydrogens (tertiary/aromatic N) is 5. The smallest absolute Gasteiger partial charge is 0.253 e. The lowest BCUT2D eigenvalue weighted by molar-refractivity contribution is 0.0643. The molecule has 0 atom stereocenters. The quantitative estimate of drug-likeness (QED) is 0.553. The fourth-order valence-electron chi connectivity index (χ4n) is 4.21. The fraction of sp³-hybridized carbons (Fsp3) is 0.286. The van der Waals surface area contributed by atoms with Crippen molar-refractivity contribution in [2.24, 2.45) is 0 Å². The summed E-state index contributed by atoms with van der Waals surface area (Å²) in [6.45, 7) is 12.6. The number of allylic oxidation sites excluding steroid dienone is 1. The van der Waals surface area contributed by atoms with Gasteiger partial charge in [0.25, 0.3) is 5.91 Å². The van der Waals surface area contributed by atoms with Gasteiger partial charge in [-0.2, -0.15) is 0 Å². The van der Waals surface area contributed by atoms with Gasteiger partial charge in [-0.3, -0.25) is 4.79 Å². The van der Waals surface area contributed by atoms with Gasteiger partial charge in [0, 0.05) is 54.8 Å². The second-order valence-corrected chi connectivity index (χ2v) is 8.38. The number of rotatable bonds is 6. The second-order valence-electron chi connectivity index (χ2n) is 8.38. The van der Waals surface area contributed by atoms with Crippen LogP contribution >= 0.6 is 0 Å². The van der Waals surface area contributed by atoms with Gasteiger partial charge in [-0.05, 0) is 48.9 Å². The summed E-state index contributed by atoms with van der Waals surface area (Å²) in [4.78, 5) is 30.8. The number of amides is 1. The van der Waals surface area contributed by atoms with E-state index in [0.29, 0.717) is 11.4 Å². The van der Waals surface area contributed by atoms with Crippen LogP contribution in [0.3, 0.4) is 0 Å². The first kappa shape index (κ1) is 24.3. The van der Waals surface area contributed by atoms with Crippen LogP contribution in [0.4, 0.5) is 0 Å². The van der Waals surface area contributed by atoms with E-state index in [1.54, 1.807) is 25.7 Å². The predicted molar refractivity (Wildman–Crippen MR) is 139 cm³/mol. The lowest BCUT2D eigenvalue weighted by Gasteiger charge is -2.34. The first-order chi connectivity index (χ1) is 17.0. The fourth-order valence-corrected chi connectivity index (χ4v) is 4.21. The minimum atomic E-state index is 0.0539. The highest BCUT2D eigenvalue weighted by Crippen LogP contribution is 2.19. The molecule has 7 nitrogen and oxygen atoms in total. The number of likely N-dealkylation sites (N-methyl/N-ethyl adjacent to an activating group) is 1. The summed E-state index contributed by atoms with van der Waals surface area (Å²) in [7, 11) is 1.59. The van der Waals surface area contributed by atoms with E-state index in [4.69, 9.17) is 4.74 Å². The molecule has 35 heavy (non-hydrogen) atoms. The van der Waals surface area contributed by atoms with E-state index in [-0.39, 0.29) is 5.91 Å². The molecule has 2 aromatic heterocycles. The molecule has 0 aliphatic carbocycles. The third-order valence-electron chi connectivity index (χ3n) is 6.31. The number of aromatic nitrogens is 3. The van der Waals surface area contributed by atoms with Crippen molar-refractivity contribution < 1.29 is 9.53 Å². The molecule has 3 heterocycles. The van der Waals surface area contributed by atoms with Gasteiger partial charge in [-0.1, -0.05) is 31.7 Å². The molecule has 1 fully saturated rings. The highest BCUT2D eigenvalue weighted by Gasteiger charge is 2.21. The van der Waals surface area contributed by atoms with Gasteiger partial charge in [0.15, 0.2) is 0 Å². The van der Waals surface area contributed by atoms with Crippen LogP contribution in [0.25, 0.3) is 29.0 Å². The third kappa shape index (κ3) is 5.46. The average molecular weight is 470 g/mol. The molecule has 0 bridgehead atoms. The summed E-state index contributed by atoms with van der Waals surface area (Å²) in [5.74, 6) is 0.601. The normalized spacial score (nSPS) is 15.3. The van der Waals surface area contributed by atoms with E-state index in [2.05, 4.69) is 33.4 Å². The maximum atomic E-state index is 13.2. The minimum Gasteiger partial charge on any atom is -0.481 e. The Kier molecular flexibility index (Phi) is 7.67. The van der Waals surface area contributed by atoms with Crippen molar-refractivity contribution >= 4 is 23.6 Å². The minimum absolute atomic E-state index is 0.0539. The SMILES string of the molecule is C=C(/C=c1/c(-c2cccc(C(=O)N3CCN(CC)CC3)c2)ncn/c1=C/C)c1ccc(OC)nc1. The van der Waals surface area contributed by atoms with Crippen LogP contribution in [-0.4, -0.2) is 70.5 Å². The zero-order chi connectivity index (χ0) is 24.8. The molecule has 0 saturated carbocycles. The third-order valence-corrected chi connectivity index (χ3v) is 6.31. The number of ether oxygens (including phenoxy) is 1. The molecule has 1 saturated heterocycles. The molecule has 0 unspecified atom stereocenters. The van der Waals surface area contributed by atoms with Crippen LogP contribution in [0.2, 0.25) is 0 Å². The summed E-state index contributed by atoms with van der Waals surface area (Å²) in [6.07, 6.45) is 7.19. The Morgan fingerprint density at radius 2 is 1.89 bits per heavy atom. The molecule has 1 amide bonds. The second kappa shape index (κ2) is 11.1. The standard InChI is InChI=1S/C28H31N5O2/c1-5-25-24(16-20(3)23-10-11-26(35-4)29-18-23)27(31-19-30-25)21-8-7-9-22(17-21)28(34)33-14-12-32(6-2)13-15-33/h5,7-11,16-19H,3,6,12-15H2,1-2,4H3/b24-16+,25-5+. The van der Waals surface area contributed by atoms with Crippen LogP contribution in [-0.2, 0) is 0 Å². The van der Waals surface area contributed by atoms with Gasteiger partial charge in [0.1, 0.15) is 6.33 Å². The number of benzene rings is 1. The van der Waals surface area contributed by atoms with Crippen molar-refractivity contribution in [3.63, 3.8) is 0 Å². The zero-order valence-corrected chi connectivity index (χ0v) is 20.6. The number of pyridine rings is 1. The molecule has 1 aliphatic rings. The van der Waals surface area contributed by atoms with E-state index in [1.807, 2.05) is 54.3 Å². The van der Waals surface area contributed by atoms with Gasteiger partial charge in [-0.25, -0.2) is 15.0 Å². The van der Waals surface area contributed by atoms with Gasteiger partial charge >= 0.3 is 0 Å². The maximum Gasteiger partial charge on any atom is 0.253 e. The number of carbonyl (C=O) groups excluding carboxylic acids is 1. The van der Waals surface area contributed by atoms with E-state index in [1.165, 1.54) is 0 Å². The number of hydrogen-bond acceptors (Lipinski definition) is 6. The van der Waals surface area contributed by atoms with Crippen molar-refractivity contribution in [2.45, 2.75) is 13.8 Å². The number of piperazine rings is 1. The van der Waals surface area contributed by atoms with Crippen molar-refractivity contribution in [1.29, 1.82) is 0 Å². The molecule has 4 rings (SSSR count). The molecule has 0 N–H and O–H groups in total. The Morgan fingerprint density at radius 1 is 1.09 bits per heavy atom. The zero-order valence-electron chi connectivity index (χ0n) is 20.6.